The number of amides is 1. The van der Waals surface area contributed by atoms with Crippen molar-refractivity contribution in [1.29, 1.82) is 5.26 Å². The van der Waals surface area contributed by atoms with Gasteiger partial charge in [0.25, 0.3) is 8.53 Å². The molecule has 5 atom stereocenters. The standard InChI is InChI=1S/C47H64N5O9PSi/c1-32(2)52(33(3)4)62(58-30-16-28-48)60-42-40(59-44(43(42)61-63(11,12)46(6,7)8)51-29-27-41(49-34(5)53)50-45(51)54)31-57-47(35-17-14-13-15-18-35,36-19-23-38(55-9)24-20-36)37-21-25-39(56-10)26-22-37/h13-15,17-27,29,32-33,40,42-44H,16,30-31H2,1-12H3,(H,49,50,53,54)/t40-,42?,43+,44-,62?/m1/s1. The lowest BCUT2D eigenvalue weighted by molar-refractivity contribution is -0.114. The molecule has 0 spiro atoms. The normalized spacial score (nSPS) is 18.7. The molecule has 0 bridgehead atoms. The minimum Gasteiger partial charge on any atom is -0.497 e. The number of aromatic nitrogens is 2. The molecule has 1 N–H and O–H groups in total. The molecule has 1 saturated heterocycles. The maximum atomic E-state index is 14.0. The molecule has 1 fully saturated rings. The maximum Gasteiger partial charge on any atom is 0.351 e. The van der Waals surface area contributed by atoms with Crippen molar-refractivity contribution in [1.82, 2.24) is 14.2 Å². The smallest absolute Gasteiger partial charge is 0.351 e. The summed E-state index contributed by atoms with van der Waals surface area (Å²) in [5.41, 5.74) is 0.633. The van der Waals surface area contributed by atoms with Gasteiger partial charge in [0.1, 0.15) is 41.2 Å². The van der Waals surface area contributed by atoms with Crippen LogP contribution >= 0.6 is 8.53 Å². The molecule has 0 aliphatic carbocycles. The molecule has 1 aliphatic heterocycles. The Morgan fingerprint density at radius 2 is 1.46 bits per heavy atom. The lowest BCUT2D eigenvalue weighted by atomic mass is 9.80. The number of methoxy groups -OCH3 is 2. The van der Waals surface area contributed by atoms with E-state index in [1.807, 2.05) is 78.9 Å². The fourth-order valence-electron chi connectivity index (χ4n) is 7.37. The van der Waals surface area contributed by atoms with Gasteiger partial charge in [-0.25, -0.2) is 9.46 Å². The minimum absolute atomic E-state index is 0.00483. The zero-order valence-electron chi connectivity index (χ0n) is 38.7. The third-order valence-corrected chi connectivity index (χ3v) is 18.0. The quantitative estimate of drug-likeness (QED) is 0.0389. The fourth-order valence-corrected chi connectivity index (χ4v) is 10.4. The van der Waals surface area contributed by atoms with E-state index in [-0.39, 0.29) is 48.5 Å². The van der Waals surface area contributed by atoms with E-state index in [0.29, 0.717) is 11.5 Å². The maximum absolute atomic E-state index is 14.0. The zero-order valence-corrected chi connectivity index (χ0v) is 40.6. The first kappa shape index (κ1) is 49.5. The summed E-state index contributed by atoms with van der Waals surface area (Å²) in [6, 6.07) is 29.2. The van der Waals surface area contributed by atoms with Crippen molar-refractivity contribution in [3.63, 3.8) is 0 Å². The van der Waals surface area contributed by atoms with Gasteiger partial charge in [0, 0.05) is 25.2 Å². The van der Waals surface area contributed by atoms with Gasteiger partial charge in [0.15, 0.2) is 14.5 Å². The minimum atomic E-state index is -2.66. The van der Waals surface area contributed by atoms with Crippen LogP contribution in [-0.2, 0) is 33.3 Å². The van der Waals surface area contributed by atoms with Crippen molar-refractivity contribution in [2.45, 2.75) is 122 Å². The van der Waals surface area contributed by atoms with Crippen molar-refractivity contribution in [2.24, 2.45) is 0 Å². The lowest BCUT2D eigenvalue weighted by Gasteiger charge is -2.42. The molecule has 2 unspecified atom stereocenters. The first-order valence-corrected chi connectivity index (χ1v) is 25.3. The predicted octanol–water partition coefficient (Wildman–Crippen LogP) is 9.18. The highest BCUT2D eigenvalue weighted by molar-refractivity contribution is 7.44. The molecule has 2 heterocycles. The molecule has 4 aromatic rings. The van der Waals surface area contributed by atoms with Crippen LogP contribution in [0.1, 0.15) is 84.7 Å². The summed E-state index contributed by atoms with van der Waals surface area (Å²) in [5.74, 6) is 1.12. The Labute approximate surface area is 374 Å². The Hall–Kier alpha value is -4.49. The lowest BCUT2D eigenvalue weighted by Crippen LogP contribution is -2.50. The van der Waals surface area contributed by atoms with Gasteiger partial charge < -0.3 is 37.7 Å². The first-order chi connectivity index (χ1) is 29.9. The average molecular weight is 902 g/mol. The SMILES string of the molecule is COc1ccc(C(OC[C@H]2O[C@@H](n3ccc(NC(C)=O)nc3=O)[C@@H](O[Si](C)(C)C(C)(C)C)C2OP(OCCC#N)N(C(C)C)C(C)C)(c2ccccc2)c2ccc(OC)cc2)cc1. The largest absolute Gasteiger partial charge is 0.497 e. The van der Waals surface area contributed by atoms with E-state index in [2.05, 4.69) is 82.6 Å². The fraction of sp³-hybridized carbons (Fsp3) is 0.489. The Balaban J connectivity index is 1.74. The number of hydrogen-bond acceptors (Lipinski definition) is 12. The molecule has 16 heteroatoms. The summed E-state index contributed by atoms with van der Waals surface area (Å²) < 4.78 is 50.3. The number of nitriles is 1. The van der Waals surface area contributed by atoms with Gasteiger partial charge in [-0.1, -0.05) is 75.4 Å². The molecule has 1 aliphatic rings. The number of carbonyl (C=O) groups excluding carboxylic acids is 1. The van der Waals surface area contributed by atoms with Gasteiger partial charge in [-0.2, -0.15) is 10.2 Å². The van der Waals surface area contributed by atoms with Crippen molar-refractivity contribution in [3.8, 4) is 17.6 Å². The summed E-state index contributed by atoms with van der Waals surface area (Å²) in [6.45, 7) is 20.4. The van der Waals surface area contributed by atoms with Gasteiger partial charge in [-0.3, -0.25) is 9.36 Å². The van der Waals surface area contributed by atoms with E-state index in [1.165, 1.54) is 11.5 Å². The Bertz CT molecular complexity index is 2140. The zero-order chi connectivity index (χ0) is 46.1. The summed E-state index contributed by atoms with van der Waals surface area (Å²) >= 11 is 0. The van der Waals surface area contributed by atoms with Crippen molar-refractivity contribution < 1.29 is 37.2 Å². The number of hydrogen-bond donors (Lipinski definition) is 1. The van der Waals surface area contributed by atoms with E-state index < -0.39 is 52.7 Å². The van der Waals surface area contributed by atoms with E-state index in [9.17, 15) is 14.9 Å². The molecule has 0 saturated carbocycles. The van der Waals surface area contributed by atoms with Crippen molar-refractivity contribution in [3.05, 3.63) is 118 Å². The number of benzene rings is 3. The van der Waals surface area contributed by atoms with Crippen LogP contribution in [0.4, 0.5) is 5.82 Å². The molecular formula is C47H64N5O9PSi. The molecular weight excluding hydrogens is 838 g/mol. The van der Waals surface area contributed by atoms with Crippen LogP contribution in [0, 0.1) is 11.3 Å². The highest BCUT2D eigenvalue weighted by atomic mass is 31.2. The van der Waals surface area contributed by atoms with Crippen LogP contribution in [-0.4, -0.2) is 86.3 Å². The van der Waals surface area contributed by atoms with Gasteiger partial charge in [-0.05, 0) is 92.8 Å². The van der Waals surface area contributed by atoms with E-state index in [1.54, 1.807) is 26.5 Å². The summed E-state index contributed by atoms with van der Waals surface area (Å²) in [6.07, 6.45) is -1.94. The molecule has 1 aromatic heterocycles. The second-order valence-corrected chi connectivity index (χ2v) is 23.7. The number of anilines is 1. The number of carbonyl (C=O) groups is 1. The number of nitrogens with one attached hydrogen (secondary N) is 1. The Kier molecular flexibility index (Phi) is 16.9. The van der Waals surface area contributed by atoms with Crippen LogP contribution in [0.3, 0.4) is 0 Å². The van der Waals surface area contributed by atoms with Crippen LogP contribution in [0.15, 0.2) is 95.9 Å². The summed E-state index contributed by atoms with van der Waals surface area (Å²) in [7, 11) is -1.24. The van der Waals surface area contributed by atoms with Crippen LogP contribution in [0.25, 0.3) is 0 Å². The van der Waals surface area contributed by atoms with Crippen LogP contribution < -0.4 is 20.5 Å². The second kappa shape index (κ2) is 21.5. The first-order valence-electron chi connectivity index (χ1n) is 21.3. The molecule has 63 heavy (non-hydrogen) atoms. The topological polar surface area (TPSA) is 156 Å². The Morgan fingerprint density at radius 1 is 0.905 bits per heavy atom. The van der Waals surface area contributed by atoms with Crippen LogP contribution in [0.2, 0.25) is 18.1 Å². The molecule has 340 valence electrons. The predicted molar refractivity (Wildman–Crippen MR) is 247 cm³/mol. The van der Waals surface area contributed by atoms with Crippen molar-refractivity contribution >= 4 is 28.6 Å². The number of rotatable bonds is 20. The second-order valence-electron chi connectivity index (χ2n) is 17.5. The van der Waals surface area contributed by atoms with Crippen LogP contribution in [0.5, 0.6) is 11.5 Å². The van der Waals surface area contributed by atoms with Crippen molar-refractivity contribution in [2.75, 3.05) is 32.8 Å². The highest BCUT2D eigenvalue weighted by Gasteiger charge is 2.54. The van der Waals surface area contributed by atoms with E-state index in [4.69, 9.17) is 32.4 Å². The van der Waals surface area contributed by atoms with Gasteiger partial charge in [0.05, 0.1) is 39.9 Å². The molecule has 14 nitrogen and oxygen atoms in total. The molecule has 0 radical (unpaired) electrons. The summed E-state index contributed by atoms with van der Waals surface area (Å²) in [4.78, 5) is 30.2. The molecule has 1 amide bonds. The van der Waals surface area contributed by atoms with E-state index >= 15 is 0 Å². The van der Waals surface area contributed by atoms with Gasteiger partial charge in [-0.15, -0.1) is 0 Å². The molecule has 5 rings (SSSR count). The molecule has 3 aromatic carbocycles. The van der Waals surface area contributed by atoms with E-state index in [0.717, 1.165) is 16.7 Å². The number of nitrogens with zero attached hydrogens (tertiary/aromatic N) is 4. The number of ether oxygens (including phenoxy) is 4. The Morgan fingerprint density at radius 3 is 1.94 bits per heavy atom. The highest BCUT2D eigenvalue weighted by Crippen LogP contribution is 2.52. The monoisotopic (exact) mass is 901 g/mol. The van der Waals surface area contributed by atoms with Gasteiger partial charge >= 0.3 is 5.69 Å². The third-order valence-electron chi connectivity index (χ3n) is 11.4. The third kappa shape index (κ3) is 11.6. The van der Waals surface area contributed by atoms with Gasteiger partial charge in [0.2, 0.25) is 5.91 Å². The summed E-state index contributed by atoms with van der Waals surface area (Å²) in [5, 5.41) is 11.9. The average Bonchev–Trinajstić information content (AvgIpc) is 3.55.